The third kappa shape index (κ3) is 5.54. The summed E-state index contributed by atoms with van der Waals surface area (Å²) in [6, 6.07) is 4.29. The molecule has 22 heavy (non-hydrogen) atoms. The molecule has 0 aliphatic carbocycles. The Morgan fingerprint density at radius 2 is 2.14 bits per heavy atom. The number of amides is 1. The van der Waals surface area contributed by atoms with Gasteiger partial charge >= 0.3 is 0 Å². The van der Waals surface area contributed by atoms with Crippen LogP contribution in [0.2, 0.25) is 4.34 Å². The maximum atomic E-state index is 12.2. The molecule has 1 fully saturated rings. The zero-order chi connectivity index (χ0) is 15.9. The number of carbonyl (C=O) groups is 1. The summed E-state index contributed by atoms with van der Waals surface area (Å²) in [7, 11) is 0. The van der Waals surface area contributed by atoms with E-state index < -0.39 is 0 Å². The Morgan fingerprint density at radius 3 is 2.68 bits per heavy atom. The molecule has 6 heteroatoms. The minimum absolute atomic E-state index is 0.138. The first-order valence-electron chi connectivity index (χ1n) is 8.09. The van der Waals surface area contributed by atoms with Crippen LogP contribution in [0.3, 0.4) is 0 Å². The summed E-state index contributed by atoms with van der Waals surface area (Å²) < 4.78 is 0.804. The van der Waals surface area contributed by atoms with E-state index in [0.717, 1.165) is 49.9 Å². The fourth-order valence-electron chi connectivity index (χ4n) is 2.81. The van der Waals surface area contributed by atoms with Crippen molar-refractivity contribution in [3.63, 3.8) is 0 Å². The fraction of sp³-hybridized carbons (Fsp3) is 0.688. The SMILES string of the molecule is CCN1CCC(NC(=O)CN(CC)Cc2ccc(Cl)s2)CC1. The molecule has 4 nitrogen and oxygen atoms in total. The molecule has 2 rings (SSSR count). The van der Waals surface area contributed by atoms with Crippen LogP contribution < -0.4 is 5.32 Å². The van der Waals surface area contributed by atoms with E-state index in [4.69, 9.17) is 11.6 Å². The van der Waals surface area contributed by atoms with E-state index in [-0.39, 0.29) is 5.91 Å². The van der Waals surface area contributed by atoms with Crippen molar-refractivity contribution in [2.45, 2.75) is 39.3 Å². The molecule has 1 aromatic rings. The molecule has 0 radical (unpaired) electrons. The first-order chi connectivity index (χ1) is 10.6. The molecule has 1 amide bonds. The summed E-state index contributed by atoms with van der Waals surface area (Å²) >= 11 is 7.55. The summed E-state index contributed by atoms with van der Waals surface area (Å²) in [6.07, 6.45) is 2.12. The number of halogens is 1. The number of likely N-dealkylation sites (N-methyl/N-ethyl adjacent to an activating group) is 1. The van der Waals surface area contributed by atoms with Crippen molar-refractivity contribution in [1.82, 2.24) is 15.1 Å². The molecule has 0 bridgehead atoms. The van der Waals surface area contributed by atoms with Crippen LogP contribution in [0.25, 0.3) is 0 Å². The van der Waals surface area contributed by atoms with Crippen molar-refractivity contribution in [3.8, 4) is 0 Å². The van der Waals surface area contributed by atoms with Gasteiger partial charge in [0.1, 0.15) is 0 Å². The van der Waals surface area contributed by atoms with Crippen LogP contribution >= 0.6 is 22.9 Å². The Morgan fingerprint density at radius 1 is 1.41 bits per heavy atom. The van der Waals surface area contributed by atoms with Crippen LogP contribution in [-0.2, 0) is 11.3 Å². The van der Waals surface area contributed by atoms with E-state index in [2.05, 4.69) is 29.0 Å². The second kappa shape index (κ2) is 8.87. The maximum Gasteiger partial charge on any atom is 0.234 e. The molecule has 0 unspecified atom stereocenters. The highest BCUT2D eigenvalue weighted by Crippen LogP contribution is 2.22. The lowest BCUT2D eigenvalue weighted by atomic mass is 10.1. The van der Waals surface area contributed by atoms with Gasteiger partial charge in [-0.2, -0.15) is 0 Å². The third-order valence-corrected chi connectivity index (χ3v) is 5.44. The van der Waals surface area contributed by atoms with Gasteiger partial charge in [0, 0.05) is 30.6 Å². The number of nitrogens with one attached hydrogen (secondary N) is 1. The smallest absolute Gasteiger partial charge is 0.234 e. The zero-order valence-electron chi connectivity index (χ0n) is 13.5. The van der Waals surface area contributed by atoms with Gasteiger partial charge in [0.15, 0.2) is 0 Å². The van der Waals surface area contributed by atoms with Crippen molar-refractivity contribution in [1.29, 1.82) is 0 Å². The number of hydrogen-bond acceptors (Lipinski definition) is 4. The summed E-state index contributed by atoms with van der Waals surface area (Å²) in [4.78, 5) is 18.0. The molecule has 0 saturated carbocycles. The highest BCUT2D eigenvalue weighted by molar-refractivity contribution is 7.16. The Labute approximate surface area is 142 Å². The van der Waals surface area contributed by atoms with Gasteiger partial charge in [-0.3, -0.25) is 9.69 Å². The van der Waals surface area contributed by atoms with E-state index in [1.165, 1.54) is 4.88 Å². The van der Waals surface area contributed by atoms with Crippen molar-refractivity contribution in [2.75, 3.05) is 32.7 Å². The van der Waals surface area contributed by atoms with E-state index in [1.807, 2.05) is 12.1 Å². The molecule has 1 aromatic heterocycles. The molecule has 1 saturated heterocycles. The second-order valence-corrected chi connectivity index (χ2v) is 7.58. The average molecular weight is 344 g/mol. The Balaban J connectivity index is 1.75. The van der Waals surface area contributed by atoms with Gasteiger partial charge in [-0.25, -0.2) is 0 Å². The highest BCUT2D eigenvalue weighted by atomic mass is 35.5. The van der Waals surface area contributed by atoms with Crippen molar-refractivity contribution < 1.29 is 4.79 Å². The Hall–Kier alpha value is -0.620. The van der Waals surface area contributed by atoms with Crippen LogP contribution in [0, 0.1) is 0 Å². The monoisotopic (exact) mass is 343 g/mol. The molecule has 1 aliphatic rings. The molecule has 1 N–H and O–H groups in total. The molecule has 0 aromatic carbocycles. The first-order valence-corrected chi connectivity index (χ1v) is 9.28. The molecule has 0 atom stereocenters. The molecule has 1 aliphatic heterocycles. The molecule has 2 heterocycles. The fourth-order valence-corrected chi connectivity index (χ4v) is 3.94. The maximum absolute atomic E-state index is 12.2. The van der Waals surface area contributed by atoms with E-state index >= 15 is 0 Å². The molecule has 0 spiro atoms. The van der Waals surface area contributed by atoms with Gasteiger partial charge in [0.05, 0.1) is 10.9 Å². The van der Waals surface area contributed by atoms with Gasteiger partial charge in [-0.15, -0.1) is 11.3 Å². The number of likely N-dealkylation sites (tertiary alicyclic amines) is 1. The Kier molecular flexibility index (Phi) is 7.15. The normalized spacial score (nSPS) is 17.1. The number of nitrogens with zero attached hydrogens (tertiary/aromatic N) is 2. The van der Waals surface area contributed by atoms with Crippen LogP contribution in [-0.4, -0.2) is 54.5 Å². The summed E-state index contributed by atoms with van der Waals surface area (Å²) in [5, 5.41) is 3.19. The van der Waals surface area contributed by atoms with Crippen LogP contribution in [0.1, 0.15) is 31.6 Å². The lowest BCUT2D eigenvalue weighted by Crippen LogP contribution is -2.47. The number of piperidine rings is 1. The number of thiophene rings is 1. The topological polar surface area (TPSA) is 35.6 Å². The van der Waals surface area contributed by atoms with Gasteiger partial charge in [-0.1, -0.05) is 25.4 Å². The lowest BCUT2D eigenvalue weighted by molar-refractivity contribution is -0.123. The largest absolute Gasteiger partial charge is 0.352 e. The molecular weight excluding hydrogens is 318 g/mol. The second-order valence-electron chi connectivity index (χ2n) is 5.79. The minimum Gasteiger partial charge on any atom is -0.352 e. The number of hydrogen-bond donors (Lipinski definition) is 1. The van der Waals surface area contributed by atoms with Gasteiger partial charge in [0.25, 0.3) is 0 Å². The number of rotatable bonds is 7. The Bertz CT molecular complexity index is 472. The van der Waals surface area contributed by atoms with E-state index in [9.17, 15) is 4.79 Å². The minimum atomic E-state index is 0.138. The first kappa shape index (κ1) is 17.7. The predicted molar refractivity (Wildman–Crippen MR) is 93.6 cm³/mol. The average Bonchev–Trinajstić information content (AvgIpc) is 2.92. The van der Waals surface area contributed by atoms with Crippen LogP contribution in [0.4, 0.5) is 0 Å². The standard InChI is InChI=1S/C16H26ClN3OS/c1-3-19-9-7-13(8-10-19)18-16(21)12-20(4-2)11-14-5-6-15(17)22-14/h5-6,13H,3-4,7-12H2,1-2H3,(H,18,21). The summed E-state index contributed by atoms with van der Waals surface area (Å²) in [5.41, 5.74) is 0. The lowest BCUT2D eigenvalue weighted by Gasteiger charge is -2.32. The quantitative estimate of drug-likeness (QED) is 0.827. The van der Waals surface area contributed by atoms with Crippen LogP contribution in [0.5, 0.6) is 0 Å². The van der Waals surface area contributed by atoms with Crippen LogP contribution in [0.15, 0.2) is 12.1 Å². The van der Waals surface area contributed by atoms with E-state index in [1.54, 1.807) is 11.3 Å². The van der Waals surface area contributed by atoms with Crippen molar-refractivity contribution in [2.24, 2.45) is 0 Å². The third-order valence-electron chi connectivity index (χ3n) is 4.22. The van der Waals surface area contributed by atoms with Gasteiger partial charge in [0.2, 0.25) is 5.91 Å². The number of carbonyl (C=O) groups excluding carboxylic acids is 1. The summed E-state index contributed by atoms with van der Waals surface area (Å²) in [5.74, 6) is 0.138. The van der Waals surface area contributed by atoms with Gasteiger partial charge < -0.3 is 10.2 Å². The van der Waals surface area contributed by atoms with Gasteiger partial charge in [-0.05, 0) is 38.1 Å². The molecule has 124 valence electrons. The van der Waals surface area contributed by atoms with E-state index in [0.29, 0.717) is 12.6 Å². The highest BCUT2D eigenvalue weighted by Gasteiger charge is 2.20. The van der Waals surface area contributed by atoms with Crippen molar-refractivity contribution >= 4 is 28.8 Å². The summed E-state index contributed by atoms with van der Waals surface area (Å²) in [6.45, 7) is 9.66. The molecular formula is C16H26ClN3OS. The zero-order valence-corrected chi connectivity index (χ0v) is 15.1. The predicted octanol–water partition coefficient (Wildman–Crippen LogP) is 2.82. The van der Waals surface area contributed by atoms with Crippen molar-refractivity contribution in [3.05, 3.63) is 21.3 Å².